The van der Waals surface area contributed by atoms with Crippen molar-refractivity contribution < 1.29 is 14.3 Å². The van der Waals surface area contributed by atoms with Gasteiger partial charge in [-0.25, -0.2) is 4.79 Å². The van der Waals surface area contributed by atoms with Crippen LogP contribution in [0.1, 0.15) is 37.8 Å². The first kappa shape index (κ1) is 25.7. The molecule has 0 atom stereocenters. The molecule has 2 aliphatic heterocycles. The molecule has 8 heteroatoms. The van der Waals surface area contributed by atoms with Crippen LogP contribution in [-0.4, -0.2) is 80.9 Å². The Morgan fingerprint density at radius 2 is 1.77 bits per heavy atom. The van der Waals surface area contributed by atoms with Crippen molar-refractivity contribution in [2.24, 2.45) is 4.99 Å². The van der Waals surface area contributed by atoms with Crippen molar-refractivity contribution >= 4 is 36.0 Å². The van der Waals surface area contributed by atoms with Crippen molar-refractivity contribution in [1.29, 1.82) is 0 Å². The van der Waals surface area contributed by atoms with Crippen molar-refractivity contribution in [2.45, 2.75) is 39.0 Å². The molecule has 2 saturated heterocycles. The monoisotopic (exact) mass is 544 g/mol. The Balaban J connectivity index is 0.00000341. The first-order valence-electron chi connectivity index (χ1n) is 11.2. The third-order valence-electron chi connectivity index (χ3n) is 6.14. The van der Waals surface area contributed by atoms with E-state index in [4.69, 9.17) is 14.5 Å². The van der Waals surface area contributed by atoms with E-state index in [1.165, 1.54) is 11.1 Å². The second kappa shape index (κ2) is 12.5. The highest BCUT2D eigenvalue weighted by Crippen LogP contribution is 2.37. The van der Waals surface area contributed by atoms with Gasteiger partial charge >= 0.3 is 6.09 Å². The van der Waals surface area contributed by atoms with Crippen LogP contribution in [-0.2, 0) is 14.9 Å². The standard InChI is InChI=1S/C23H36N4O3.HI/c1-4-24-21(26-12-14-27(15-13-26)22(28)30-5-2)25-18-23(10-16-29-17-11-23)20-9-7-6-8-19(20)3;/h6-9H,4-5,10-18H2,1-3H3,(H,24,25);1H. The van der Waals surface area contributed by atoms with E-state index < -0.39 is 0 Å². The van der Waals surface area contributed by atoms with Crippen molar-refractivity contribution in [2.75, 3.05) is 59.1 Å². The van der Waals surface area contributed by atoms with E-state index in [1.807, 2.05) is 6.92 Å². The maximum absolute atomic E-state index is 12.0. The van der Waals surface area contributed by atoms with Gasteiger partial charge in [-0.05, 0) is 44.7 Å². The number of nitrogens with zero attached hydrogens (tertiary/aromatic N) is 3. The molecular weight excluding hydrogens is 507 g/mol. The zero-order chi connectivity index (χ0) is 21.4. The number of ether oxygens (including phenoxy) is 2. The summed E-state index contributed by atoms with van der Waals surface area (Å²) in [5, 5.41) is 3.45. The zero-order valence-corrected chi connectivity index (χ0v) is 21.4. The van der Waals surface area contributed by atoms with E-state index >= 15 is 0 Å². The molecule has 0 radical (unpaired) electrons. The van der Waals surface area contributed by atoms with Gasteiger partial charge in [0.15, 0.2) is 5.96 Å². The van der Waals surface area contributed by atoms with Gasteiger partial charge in [0.05, 0.1) is 13.2 Å². The lowest BCUT2D eigenvalue weighted by Gasteiger charge is -2.39. The lowest BCUT2D eigenvalue weighted by molar-refractivity contribution is 0.0527. The molecule has 3 rings (SSSR count). The Morgan fingerprint density at radius 1 is 1.13 bits per heavy atom. The van der Waals surface area contributed by atoms with Gasteiger partial charge in [-0.1, -0.05) is 24.3 Å². The summed E-state index contributed by atoms with van der Waals surface area (Å²) in [7, 11) is 0. The molecule has 0 aliphatic carbocycles. The van der Waals surface area contributed by atoms with Crippen LogP contribution < -0.4 is 5.32 Å². The van der Waals surface area contributed by atoms with E-state index in [-0.39, 0.29) is 35.5 Å². The predicted molar refractivity (Wildman–Crippen MR) is 134 cm³/mol. The van der Waals surface area contributed by atoms with Gasteiger partial charge in [-0.3, -0.25) is 4.99 Å². The smallest absolute Gasteiger partial charge is 0.409 e. The molecule has 0 unspecified atom stereocenters. The van der Waals surface area contributed by atoms with Crippen molar-refractivity contribution in [3.63, 3.8) is 0 Å². The molecule has 0 bridgehead atoms. The molecule has 31 heavy (non-hydrogen) atoms. The summed E-state index contributed by atoms with van der Waals surface area (Å²) >= 11 is 0. The number of guanidine groups is 1. The van der Waals surface area contributed by atoms with E-state index in [2.05, 4.69) is 48.3 Å². The van der Waals surface area contributed by atoms with Crippen LogP contribution in [0.4, 0.5) is 4.79 Å². The lowest BCUT2D eigenvalue weighted by Crippen LogP contribution is -2.54. The van der Waals surface area contributed by atoms with E-state index in [9.17, 15) is 4.79 Å². The first-order valence-corrected chi connectivity index (χ1v) is 11.2. The fourth-order valence-corrected chi connectivity index (χ4v) is 4.41. The normalized spacial score (nSPS) is 18.9. The Bertz CT molecular complexity index is 729. The van der Waals surface area contributed by atoms with Crippen LogP contribution >= 0.6 is 24.0 Å². The molecule has 1 aromatic rings. The lowest BCUT2D eigenvalue weighted by atomic mass is 9.72. The van der Waals surface area contributed by atoms with Gasteiger partial charge in [-0.2, -0.15) is 0 Å². The van der Waals surface area contributed by atoms with Crippen molar-refractivity contribution in [1.82, 2.24) is 15.1 Å². The number of hydrogen-bond donors (Lipinski definition) is 1. The fourth-order valence-electron chi connectivity index (χ4n) is 4.41. The maximum Gasteiger partial charge on any atom is 0.409 e. The number of benzene rings is 1. The molecule has 0 spiro atoms. The average Bonchev–Trinajstić information content (AvgIpc) is 2.78. The van der Waals surface area contributed by atoms with Gasteiger partial charge in [0.1, 0.15) is 0 Å². The number of rotatable bonds is 5. The summed E-state index contributed by atoms with van der Waals surface area (Å²) in [5.41, 5.74) is 2.72. The number of carbonyl (C=O) groups excluding carboxylic acids is 1. The molecule has 0 saturated carbocycles. The highest BCUT2D eigenvalue weighted by molar-refractivity contribution is 14.0. The highest BCUT2D eigenvalue weighted by atomic mass is 127. The van der Waals surface area contributed by atoms with Crippen LogP contribution in [0.2, 0.25) is 0 Å². The van der Waals surface area contributed by atoms with Crippen molar-refractivity contribution in [3.8, 4) is 0 Å². The quantitative estimate of drug-likeness (QED) is 0.350. The maximum atomic E-state index is 12.0. The number of hydrogen-bond acceptors (Lipinski definition) is 4. The summed E-state index contributed by atoms with van der Waals surface area (Å²) in [4.78, 5) is 21.1. The van der Waals surface area contributed by atoms with Gasteiger partial charge < -0.3 is 24.6 Å². The average molecular weight is 544 g/mol. The van der Waals surface area contributed by atoms with Gasteiger partial charge in [0.25, 0.3) is 0 Å². The Morgan fingerprint density at radius 3 is 2.39 bits per heavy atom. The summed E-state index contributed by atoms with van der Waals surface area (Å²) in [5.74, 6) is 0.931. The van der Waals surface area contributed by atoms with Crippen LogP contribution in [0.5, 0.6) is 0 Å². The Hall–Kier alpha value is -1.55. The van der Waals surface area contributed by atoms with E-state index in [1.54, 1.807) is 4.90 Å². The molecule has 1 aromatic carbocycles. The number of aryl methyl sites for hydroxylation is 1. The molecule has 2 heterocycles. The summed E-state index contributed by atoms with van der Waals surface area (Å²) < 4.78 is 10.8. The number of carbonyl (C=O) groups is 1. The molecule has 7 nitrogen and oxygen atoms in total. The fraction of sp³-hybridized carbons (Fsp3) is 0.652. The molecule has 0 aromatic heterocycles. The first-order chi connectivity index (χ1) is 14.6. The number of halogens is 1. The number of nitrogens with one attached hydrogen (secondary N) is 1. The third-order valence-corrected chi connectivity index (χ3v) is 6.14. The van der Waals surface area contributed by atoms with Gasteiger partial charge in [-0.15, -0.1) is 24.0 Å². The SMILES string of the molecule is CCNC(=NCC1(c2ccccc2C)CCOCC1)N1CCN(C(=O)OCC)CC1.I. The minimum Gasteiger partial charge on any atom is -0.450 e. The number of aliphatic imine (C=N–C) groups is 1. The van der Waals surface area contributed by atoms with Gasteiger partial charge in [0.2, 0.25) is 0 Å². The molecular formula is C23H37IN4O3. The van der Waals surface area contributed by atoms with Crippen LogP contribution in [0.25, 0.3) is 0 Å². The number of amides is 1. The molecule has 2 fully saturated rings. The van der Waals surface area contributed by atoms with Crippen LogP contribution in [0.15, 0.2) is 29.3 Å². The minimum absolute atomic E-state index is 0. The largest absolute Gasteiger partial charge is 0.450 e. The van der Waals surface area contributed by atoms with Crippen molar-refractivity contribution in [3.05, 3.63) is 35.4 Å². The summed E-state index contributed by atoms with van der Waals surface area (Å²) in [6.45, 7) is 12.5. The Labute approximate surface area is 203 Å². The van der Waals surface area contributed by atoms with Crippen LogP contribution in [0.3, 0.4) is 0 Å². The third kappa shape index (κ3) is 6.47. The molecule has 1 N–H and O–H groups in total. The second-order valence-electron chi connectivity index (χ2n) is 8.05. The molecule has 1 amide bonds. The van der Waals surface area contributed by atoms with Crippen LogP contribution in [0, 0.1) is 6.92 Å². The Kier molecular flexibility index (Phi) is 10.3. The summed E-state index contributed by atoms with van der Waals surface area (Å²) in [6.07, 6.45) is 1.74. The van der Waals surface area contributed by atoms with Gasteiger partial charge in [0, 0.05) is 51.4 Å². The van der Waals surface area contributed by atoms with E-state index in [0.29, 0.717) is 19.7 Å². The molecule has 174 valence electrons. The topological polar surface area (TPSA) is 66.4 Å². The zero-order valence-electron chi connectivity index (χ0n) is 19.1. The molecule has 2 aliphatic rings. The van der Waals surface area contributed by atoms with E-state index in [0.717, 1.165) is 58.2 Å². The summed E-state index contributed by atoms with van der Waals surface area (Å²) in [6, 6.07) is 8.67. The number of piperazine rings is 1. The second-order valence-corrected chi connectivity index (χ2v) is 8.05. The highest BCUT2D eigenvalue weighted by Gasteiger charge is 2.36. The minimum atomic E-state index is -0.222. The predicted octanol–water partition coefficient (Wildman–Crippen LogP) is 3.40.